The number of pyridine rings is 1. The van der Waals surface area contributed by atoms with Crippen molar-refractivity contribution in [2.24, 2.45) is 0 Å². The van der Waals surface area contributed by atoms with E-state index in [1.54, 1.807) is 35.1 Å². The number of benzene rings is 1. The highest BCUT2D eigenvalue weighted by Crippen LogP contribution is 2.31. The summed E-state index contributed by atoms with van der Waals surface area (Å²) in [6.45, 7) is 9.16. The number of anilines is 2. The second kappa shape index (κ2) is 8.71. The molecule has 0 fully saturated rings. The minimum atomic E-state index is -0.348. The molecule has 0 aliphatic carbocycles. The van der Waals surface area contributed by atoms with Crippen molar-refractivity contribution in [1.82, 2.24) is 14.8 Å². The maximum atomic E-state index is 13.4. The number of fused-ring (bicyclic) bond motifs is 1. The van der Waals surface area contributed by atoms with Crippen LogP contribution in [0.5, 0.6) is 0 Å². The first kappa shape index (κ1) is 22.5. The molecule has 0 unspecified atom stereocenters. The van der Waals surface area contributed by atoms with Crippen molar-refractivity contribution in [3.05, 3.63) is 58.6 Å². The Morgan fingerprint density at radius 1 is 1.12 bits per heavy atom. The fourth-order valence-electron chi connectivity index (χ4n) is 3.69. The molecule has 8 nitrogen and oxygen atoms in total. The van der Waals surface area contributed by atoms with Crippen LogP contribution in [0.2, 0.25) is 5.02 Å². The summed E-state index contributed by atoms with van der Waals surface area (Å²) in [5.74, 6) is 0.928. The first-order valence-electron chi connectivity index (χ1n) is 10.5. The van der Waals surface area contributed by atoms with Gasteiger partial charge in [0, 0.05) is 24.2 Å². The highest BCUT2D eigenvalue weighted by Gasteiger charge is 2.21. The van der Waals surface area contributed by atoms with Gasteiger partial charge in [-0.3, -0.25) is 9.59 Å². The summed E-state index contributed by atoms with van der Waals surface area (Å²) in [5, 5.41) is 10.9. The first-order chi connectivity index (χ1) is 15.6. The van der Waals surface area contributed by atoms with E-state index in [0.717, 1.165) is 17.1 Å². The predicted octanol–water partition coefficient (Wildman–Crippen LogP) is 5.75. The highest BCUT2D eigenvalue weighted by molar-refractivity contribution is 6.34. The van der Waals surface area contributed by atoms with Gasteiger partial charge in [-0.25, -0.2) is 9.67 Å². The molecule has 0 spiro atoms. The zero-order chi connectivity index (χ0) is 23.9. The Morgan fingerprint density at radius 2 is 1.88 bits per heavy atom. The smallest absolute Gasteiger partial charge is 0.256 e. The molecule has 4 rings (SSSR count). The van der Waals surface area contributed by atoms with Crippen LogP contribution in [0.15, 0.2) is 40.9 Å². The van der Waals surface area contributed by atoms with Crippen LogP contribution >= 0.6 is 11.6 Å². The number of hydrogen-bond donors (Lipinski definition) is 2. The number of amides is 2. The largest absolute Gasteiger partial charge is 0.466 e. The Labute approximate surface area is 195 Å². The van der Waals surface area contributed by atoms with Crippen LogP contribution in [0.3, 0.4) is 0 Å². The minimum absolute atomic E-state index is 0.0594. The van der Waals surface area contributed by atoms with E-state index in [-0.39, 0.29) is 17.9 Å². The standard InChI is InChI=1S/C24H24ClN5O3/c1-12(2)30-23-19(11-26-30)18(10-22(28-23)17-8-13(3)33-14(17)4)24(32)29-21-7-6-16(9-20(21)25)27-15(5)31/h6-12H,1-5H3,(H,27,31)(H,29,32). The Balaban J connectivity index is 1.78. The van der Waals surface area contributed by atoms with E-state index in [9.17, 15) is 9.59 Å². The molecule has 9 heteroatoms. The molecular weight excluding hydrogens is 442 g/mol. The maximum Gasteiger partial charge on any atom is 0.256 e. The van der Waals surface area contributed by atoms with Crippen molar-refractivity contribution in [1.29, 1.82) is 0 Å². The van der Waals surface area contributed by atoms with Gasteiger partial charge in [-0.15, -0.1) is 0 Å². The normalized spacial score (nSPS) is 11.2. The number of carbonyl (C=O) groups excluding carboxylic acids is 2. The van der Waals surface area contributed by atoms with E-state index in [4.69, 9.17) is 21.0 Å². The molecule has 3 heterocycles. The summed E-state index contributed by atoms with van der Waals surface area (Å²) in [5.41, 5.74) is 3.44. The summed E-state index contributed by atoms with van der Waals surface area (Å²) in [7, 11) is 0. The number of rotatable bonds is 5. The third kappa shape index (κ3) is 4.47. The van der Waals surface area contributed by atoms with E-state index in [1.807, 2.05) is 33.8 Å². The zero-order valence-electron chi connectivity index (χ0n) is 19.0. The van der Waals surface area contributed by atoms with Crippen molar-refractivity contribution < 1.29 is 14.0 Å². The van der Waals surface area contributed by atoms with Gasteiger partial charge in [0.25, 0.3) is 5.91 Å². The summed E-state index contributed by atoms with van der Waals surface area (Å²) in [6.07, 6.45) is 1.65. The Hall–Kier alpha value is -3.65. The molecule has 2 amide bonds. The third-order valence-electron chi connectivity index (χ3n) is 5.16. The molecule has 0 aliphatic rings. The van der Waals surface area contributed by atoms with Crippen LogP contribution < -0.4 is 10.6 Å². The summed E-state index contributed by atoms with van der Waals surface area (Å²) in [4.78, 5) is 29.4. The van der Waals surface area contributed by atoms with Gasteiger partial charge in [-0.1, -0.05) is 11.6 Å². The van der Waals surface area contributed by atoms with Crippen molar-refractivity contribution in [3.8, 4) is 11.3 Å². The lowest BCUT2D eigenvalue weighted by molar-refractivity contribution is -0.114. The van der Waals surface area contributed by atoms with Crippen LogP contribution in [0.25, 0.3) is 22.3 Å². The third-order valence-corrected chi connectivity index (χ3v) is 5.47. The molecule has 0 atom stereocenters. The van der Waals surface area contributed by atoms with Gasteiger partial charge in [-0.2, -0.15) is 5.10 Å². The highest BCUT2D eigenvalue weighted by atomic mass is 35.5. The zero-order valence-corrected chi connectivity index (χ0v) is 19.7. The van der Waals surface area contributed by atoms with Gasteiger partial charge in [0.05, 0.1) is 33.6 Å². The molecule has 2 N–H and O–H groups in total. The van der Waals surface area contributed by atoms with Crippen molar-refractivity contribution in [2.75, 3.05) is 10.6 Å². The fourth-order valence-corrected chi connectivity index (χ4v) is 3.92. The van der Waals surface area contributed by atoms with E-state index in [2.05, 4.69) is 15.7 Å². The van der Waals surface area contributed by atoms with E-state index in [1.165, 1.54) is 6.92 Å². The minimum Gasteiger partial charge on any atom is -0.466 e. The van der Waals surface area contributed by atoms with E-state index >= 15 is 0 Å². The molecular formula is C24H24ClN5O3. The molecule has 0 saturated heterocycles. The molecule has 0 bridgehead atoms. The quantitative estimate of drug-likeness (QED) is 0.390. The average molecular weight is 466 g/mol. The van der Waals surface area contributed by atoms with Crippen LogP contribution in [-0.4, -0.2) is 26.6 Å². The molecule has 1 aromatic carbocycles. The van der Waals surface area contributed by atoms with Crippen LogP contribution in [0.4, 0.5) is 11.4 Å². The van der Waals surface area contributed by atoms with Gasteiger partial charge in [0.15, 0.2) is 5.65 Å². The van der Waals surface area contributed by atoms with Gasteiger partial charge >= 0.3 is 0 Å². The Bertz CT molecular complexity index is 1390. The van der Waals surface area contributed by atoms with Gasteiger partial charge in [0.1, 0.15) is 11.5 Å². The molecule has 4 aromatic rings. The number of aryl methyl sites for hydroxylation is 2. The predicted molar refractivity (Wildman–Crippen MR) is 129 cm³/mol. The lowest BCUT2D eigenvalue weighted by atomic mass is 10.1. The lowest BCUT2D eigenvalue weighted by Crippen LogP contribution is -2.14. The molecule has 0 aliphatic heterocycles. The Kier molecular flexibility index (Phi) is 5.95. The molecule has 3 aromatic heterocycles. The number of nitrogens with one attached hydrogen (secondary N) is 2. The summed E-state index contributed by atoms with van der Waals surface area (Å²) < 4.78 is 7.46. The van der Waals surface area contributed by atoms with Gasteiger partial charge < -0.3 is 15.1 Å². The lowest BCUT2D eigenvalue weighted by Gasteiger charge is -2.12. The number of aromatic nitrogens is 3. The maximum absolute atomic E-state index is 13.4. The topological polar surface area (TPSA) is 102 Å². The molecule has 170 valence electrons. The SMILES string of the molecule is CC(=O)Nc1ccc(NC(=O)c2cc(-c3cc(C)oc3C)nc3c2cnn3C(C)C)c(Cl)c1. The number of carbonyl (C=O) groups is 2. The van der Waals surface area contributed by atoms with Crippen molar-refractivity contribution >= 4 is 45.8 Å². The molecule has 33 heavy (non-hydrogen) atoms. The van der Waals surface area contributed by atoms with Crippen LogP contribution in [-0.2, 0) is 4.79 Å². The fraction of sp³-hybridized carbons (Fsp3) is 0.250. The Morgan fingerprint density at radius 3 is 2.48 bits per heavy atom. The molecule has 0 saturated carbocycles. The second-order valence-corrected chi connectivity index (χ2v) is 8.54. The summed E-state index contributed by atoms with van der Waals surface area (Å²) >= 11 is 6.35. The van der Waals surface area contributed by atoms with Crippen LogP contribution in [0, 0.1) is 13.8 Å². The van der Waals surface area contributed by atoms with Gasteiger partial charge in [-0.05, 0) is 58.0 Å². The average Bonchev–Trinajstić information content (AvgIpc) is 3.31. The van der Waals surface area contributed by atoms with Gasteiger partial charge in [0.2, 0.25) is 5.91 Å². The summed E-state index contributed by atoms with van der Waals surface area (Å²) in [6, 6.07) is 8.60. The van der Waals surface area contributed by atoms with E-state index in [0.29, 0.717) is 38.7 Å². The van der Waals surface area contributed by atoms with E-state index < -0.39 is 0 Å². The monoisotopic (exact) mass is 465 g/mol. The van der Waals surface area contributed by atoms with Crippen molar-refractivity contribution in [2.45, 2.75) is 40.7 Å². The van der Waals surface area contributed by atoms with Crippen LogP contribution in [0.1, 0.15) is 48.7 Å². The number of hydrogen-bond acceptors (Lipinski definition) is 5. The number of halogens is 1. The molecule has 0 radical (unpaired) electrons. The van der Waals surface area contributed by atoms with Crippen molar-refractivity contribution in [3.63, 3.8) is 0 Å². The number of nitrogens with zero attached hydrogens (tertiary/aromatic N) is 3. The number of furan rings is 1. The first-order valence-corrected chi connectivity index (χ1v) is 10.9. The second-order valence-electron chi connectivity index (χ2n) is 8.13.